The van der Waals surface area contributed by atoms with Crippen molar-refractivity contribution in [3.63, 3.8) is 0 Å². The summed E-state index contributed by atoms with van der Waals surface area (Å²) < 4.78 is 12.9. The predicted molar refractivity (Wildman–Crippen MR) is 108 cm³/mol. The number of aromatic nitrogens is 3. The van der Waals surface area contributed by atoms with Crippen LogP contribution >= 0.6 is 11.8 Å². The molecule has 2 aliphatic heterocycles. The van der Waals surface area contributed by atoms with Crippen molar-refractivity contribution in [2.24, 2.45) is 4.99 Å². The number of fused-ring (bicyclic) bond motifs is 1. The largest absolute Gasteiger partial charge is 0.381 e. The van der Waals surface area contributed by atoms with Crippen LogP contribution in [0.2, 0.25) is 0 Å². The van der Waals surface area contributed by atoms with E-state index >= 15 is 0 Å². The summed E-state index contributed by atoms with van der Waals surface area (Å²) in [4.78, 5) is 9.46. The Balaban J connectivity index is 1.61. The average molecular weight is 397 g/mol. The van der Waals surface area contributed by atoms with E-state index in [-0.39, 0.29) is 4.75 Å². The molecule has 1 atom stereocenters. The van der Waals surface area contributed by atoms with Crippen molar-refractivity contribution in [2.75, 3.05) is 39.7 Å². The number of aliphatic imine (C=N–C) groups is 1. The number of rotatable bonds is 7. The van der Waals surface area contributed by atoms with Crippen molar-refractivity contribution in [3.05, 3.63) is 11.6 Å². The number of hydrogen-bond donors (Lipinski definition) is 2. The van der Waals surface area contributed by atoms with Crippen LogP contribution < -0.4 is 10.6 Å². The molecule has 0 aliphatic carbocycles. The summed E-state index contributed by atoms with van der Waals surface area (Å²) in [6, 6.07) is 0.298. The monoisotopic (exact) mass is 396 g/mol. The number of guanidine groups is 1. The molecule has 8 nitrogen and oxygen atoms in total. The molecule has 1 aromatic heterocycles. The standard InChI is InChI=1S/C18H32N6O2S/c1-4-19-17(20-13-18(27-3)7-9-26-10-8-18)21-14-5-6-16-22-15(12-25-2)23-24(16)11-14/h14H,4-13H2,1-3H3,(H2,19,20,21). The fraction of sp³-hybridized carbons (Fsp3) is 0.833. The molecule has 3 rings (SSSR count). The van der Waals surface area contributed by atoms with Gasteiger partial charge in [-0.15, -0.1) is 0 Å². The normalized spacial score (nSPS) is 22.3. The third-order valence-corrected chi connectivity index (χ3v) is 6.63. The van der Waals surface area contributed by atoms with Gasteiger partial charge in [0, 0.05) is 44.1 Å². The van der Waals surface area contributed by atoms with E-state index in [1.807, 2.05) is 16.4 Å². The quantitative estimate of drug-likeness (QED) is 0.529. The van der Waals surface area contributed by atoms with E-state index in [9.17, 15) is 0 Å². The van der Waals surface area contributed by atoms with Crippen LogP contribution in [0.4, 0.5) is 0 Å². The number of methoxy groups -OCH3 is 1. The van der Waals surface area contributed by atoms with Gasteiger partial charge in [-0.1, -0.05) is 0 Å². The molecule has 9 heteroatoms. The lowest BCUT2D eigenvalue weighted by Crippen LogP contribution is -2.48. The van der Waals surface area contributed by atoms with Gasteiger partial charge >= 0.3 is 0 Å². The molecule has 0 amide bonds. The van der Waals surface area contributed by atoms with Crippen LogP contribution in [0, 0.1) is 0 Å². The Morgan fingerprint density at radius 1 is 1.44 bits per heavy atom. The van der Waals surface area contributed by atoms with Crippen LogP contribution in [0.3, 0.4) is 0 Å². The Morgan fingerprint density at radius 3 is 2.96 bits per heavy atom. The predicted octanol–water partition coefficient (Wildman–Crippen LogP) is 1.21. The van der Waals surface area contributed by atoms with Crippen LogP contribution in [0.5, 0.6) is 0 Å². The van der Waals surface area contributed by atoms with Crippen LogP contribution in [0.15, 0.2) is 4.99 Å². The van der Waals surface area contributed by atoms with Gasteiger partial charge in [0.1, 0.15) is 12.4 Å². The highest BCUT2D eigenvalue weighted by atomic mass is 32.2. The third-order valence-electron chi connectivity index (χ3n) is 5.22. The molecule has 0 radical (unpaired) electrons. The second-order valence-electron chi connectivity index (χ2n) is 7.13. The minimum Gasteiger partial charge on any atom is -0.381 e. The number of nitrogens with zero attached hydrogens (tertiary/aromatic N) is 4. The van der Waals surface area contributed by atoms with E-state index in [0.717, 1.165) is 76.1 Å². The first-order chi connectivity index (χ1) is 13.2. The van der Waals surface area contributed by atoms with Crippen molar-refractivity contribution in [3.8, 4) is 0 Å². The molecule has 1 unspecified atom stereocenters. The second kappa shape index (κ2) is 9.75. The fourth-order valence-corrected chi connectivity index (χ4v) is 4.34. The SMILES string of the molecule is CCNC(=NCC1(SC)CCOCC1)NC1CCc2nc(COC)nn2C1. The summed E-state index contributed by atoms with van der Waals surface area (Å²) in [7, 11) is 1.67. The first kappa shape index (κ1) is 20.4. The molecule has 1 fully saturated rings. The van der Waals surface area contributed by atoms with Crippen LogP contribution in [-0.2, 0) is 29.0 Å². The molecule has 0 bridgehead atoms. The van der Waals surface area contributed by atoms with Gasteiger partial charge in [0.2, 0.25) is 0 Å². The van der Waals surface area contributed by atoms with Crippen LogP contribution in [-0.4, -0.2) is 71.2 Å². The molecule has 0 aromatic carbocycles. The average Bonchev–Trinajstić information content (AvgIpc) is 3.09. The maximum atomic E-state index is 5.54. The van der Waals surface area contributed by atoms with E-state index < -0.39 is 0 Å². The van der Waals surface area contributed by atoms with E-state index in [0.29, 0.717) is 12.6 Å². The molecule has 3 heterocycles. The molecule has 1 aromatic rings. The van der Waals surface area contributed by atoms with Gasteiger partial charge in [0.25, 0.3) is 0 Å². The molecule has 2 N–H and O–H groups in total. The highest BCUT2D eigenvalue weighted by Crippen LogP contribution is 2.34. The number of thioether (sulfide) groups is 1. The van der Waals surface area contributed by atoms with Gasteiger partial charge in [0.15, 0.2) is 11.8 Å². The van der Waals surface area contributed by atoms with Crippen molar-refractivity contribution in [1.82, 2.24) is 25.4 Å². The zero-order valence-corrected chi connectivity index (χ0v) is 17.5. The number of aryl methyl sites for hydroxylation is 1. The number of nitrogens with one attached hydrogen (secondary N) is 2. The van der Waals surface area contributed by atoms with Crippen LogP contribution in [0.1, 0.15) is 37.8 Å². The number of ether oxygens (including phenoxy) is 2. The van der Waals surface area contributed by atoms with Crippen molar-refractivity contribution in [1.29, 1.82) is 0 Å². The Kier molecular flexibility index (Phi) is 7.37. The minimum absolute atomic E-state index is 0.196. The number of hydrogen-bond acceptors (Lipinski definition) is 6. The first-order valence-electron chi connectivity index (χ1n) is 9.77. The molecule has 0 saturated carbocycles. The molecule has 27 heavy (non-hydrogen) atoms. The zero-order valence-electron chi connectivity index (χ0n) is 16.7. The van der Waals surface area contributed by atoms with E-state index in [1.54, 1.807) is 7.11 Å². The van der Waals surface area contributed by atoms with Gasteiger partial charge in [-0.2, -0.15) is 16.9 Å². The minimum atomic E-state index is 0.196. The topological polar surface area (TPSA) is 85.6 Å². The fourth-order valence-electron chi connectivity index (χ4n) is 3.58. The van der Waals surface area contributed by atoms with Gasteiger partial charge in [-0.05, 0) is 32.4 Å². The van der Waals surface area contributed by atoms with Crippen molar-refractivity contribution >= 4 is 17.7 Å². The molecular formula is C18H32N6O2S. The summed E-state index contributed by atoms with van der Waals surface area (Å²) in [6.07, 6.45) is 6.25. The summed E-state index contributed by atoms with van der Waals surface area (Å²) in [5, 5.41) is 11.5. The Hall–Kier alpha value is -1.32. The lowest BCUT2D eigenvalue weighted by atomic mass is 9.99. The van der Waals surface area contributed by atoms with Crippen molar-refractivity contribution < 1.29 is 9.47 Å². The van der Waals surface area contributed by atoms with Gasteiger partial charge < -0.3 is 20.1 Å². The Morgan fingerprint density at radius 2 is 2.26 bits per heavy atom. The summed E-state index contributed by atoms with van der Waals surface area (Å²) in [5.74, 6) is 2.70. The smallest absolute Gasteiger partial charge is 0.191 e. The van der Waals surface area contributed by atoms with Gasteiger partial charge in [-0.3, -0.25) is 4.99 Å². The van der Waals surface area contributed by atoms with Crippen LogP contribution in [0.25, 0.3) is 0 Å². The summed E-state index contributed by atoms with van der Waals surface area (Å²) >= 11 is 1.92. The van der Waals surface area contributed by atoms with Crippen molar-refractivity contribution in [2.45, 2.75) is 56.5 Å². The molecule has 1 saturated heterocycles. The third kappa shape index (κ3) is 5.36. The van der Waals surface area contributed by atoms with Gasteiger partial charge in [-0.25, -0.2) is 9.67 Å². The van der Waals surface area contributed by atoms with E-state index in [4.69, 9.17) is 14.5 Å². The first-order valence-corrected chi connectivity index (χ1v) is 11.0. The maximum absolute atomic E-state index is 5.54. The Labute approximate surface area is 165 Å². The van der Waals surface area contributed by atoms with Gasteiger partial charge in [0.05, 0.1) is 13.1 Å². The highest BCUT2D eigenvalue weighted by molar-refractivity contribution is 8.00. The lowest BCUT2D eigenvalue weighted by molar-refractivity contribution is 0.0794. The summed E-state index contributed by atoms with van der Waals surface area (Å²) in [6.45, 7) is 6.69. The summed E-state index contributed by atoms with van der Waals surface area (Å²) in [5.41, 5.74) is 0. The lowest BCUT2D eigenvalue weighted by Gasteiger charge is -2.34. The molecular weight excluding hydrogens is 364 g/mol. The highest BCUT2D eigenvalue weighted by Gasteiger charge is 2.32. The second-order valence-corrected chi connectivity index (χ2v) is 8.41. The maximum Gasteiger partial charge on any atom is 0.191 e. The van der Waals surface area contributed by atoms with E-state index in [2.05, 4.69) is 33.9 Å². The van der Waals surface area contributed by atoms with E-state index in [1.165, 1.54) is 0 Å². The zero-order chi connectivity index (χ0) is 19.1. The molecule has 2 aliphatic rings. The molecule has 152 valence electrons. The molecule has 0 spiro atoms. The Bertz CT molecular complexity index is 629.